The Morgan fingerprint density at radius 1 is 1.44 bits per heavy atom. The van der Waals surface area contributed by atoms with Gasteiger partial charge in [-0.05, 0) is 12.3 Å². The maximum absolute atomic E-state index is 11.6. The van der Waals surface area contributed by atoms with Crippen molar-refractivity contribution in [1.82, 2.24) is 0 Å². The van der Waals surface area contributed by atoms with Crippen molar-refractivity contribution in [2.45, 2.75) is 51.3 Å². The maximum Gasteiger partial charge on any atom is 0.311 e. The largest absolute Gasteiger partial charge is 0.469 e. The third kappa shape index (κ3) is 2.84. The van der Waals surface area contributed by atoms with Crippen molar-refractivity contribution < 1.29 is 14.6 Å². The number of esters is 1. The third-order valence-electron chi connectivity index (χ3n) is 4.37. The predicted octanol–water partition coefficient (Wildman–Crippen LogP) is 0.247. The van der Waals surface area contributed by atoms with E-state index in [0.717, 1.165) is 12.8 Å². The second-order valence-corrected chi connectivity index (χ2v) is 5.25. The maximum atomic E-state index is 11.6. The fourth-order valence-electron chi connectivity index (χ4n) is 3.16. The van der Waals surface area contributed by atoms with Crippen LogP contribution in [0.3, 0.4) is 0 Å². The van der Waals surface area contributed by atoms with Gasteiger partial charge in [-0.15, -0.1) is 0 Å². The summed E-state index contributed by atoms with van der Waals surface area (Å²) in [6.07, 6.45) is 1.57. The summed E-state index contributed by atoms with van der Waals surface area (Å²) in [4.78, 5) is 11.6. The molecular formula is C13H26N2O3. The van der Waals surface area contributed by atoms with Crippen molar-refractivity contribution in [3.63, 3.8) is 0 Å². The van der Waals surface area contributed by atoms with E-state index >= 15 is 0 Å². The van der Waals surface area contributed by atoms with Crippen LogP contribution >= 0.6 is 0 Å². The molecule has 5 heteroatoms. The van der Waals surface area contributed by atoms with E-state index in [1.54, 1.807) is 0 Å². The van der Waals surface area contributed by atoms with Gasteiger partial charge in [-0.1, -0.05) is 26.7 Å². The Kier molecular flexibility index (Phi) is 5.56. The first kappa shape index (κ1) is 15.4. The van der Waals surface area contributed by atoms with Gasteiger partial charge in [-0.3, -0.25) is 4.79 Å². The Morgan fingerprint density at radius 3 is 2.44 bits per heavy atom. The second kappa shape index (κ2) is 6.50. The van der Waals surface area contributed by atoms with Crippen LogP contribution in [0.2, 0.25) is 0 Å². The van der Waals surface area contributed by atoms with Crippen LogP contribution in [0, 0.1) is 17.8 Å². The quantitative estimate of drug-likeness (QED) is 0.614. The Morgan fingerprint density at radius 2 is 2.00 bits per heavy atom. The molecule has 1 rings (SSSR count). The number of carbonyl (C=O) groups excluding carboxylic acids is 1. The number of hydrogen-bond donors (Lipinski definition) is 3. The Bertz CT molecular complexity index is 281. The molecule has 0 spiro atoms. The van der Waals surface area contributed by atoms with E-state index in [4.69, 9.17) is 16.2 Å². The highest BCUT2D eigenvalue weighted by Crippen LogP contribution is 2.36. The van der Waals surface area contributed by atoms with Crippen LogP contribution in [0.25, 0.3) is 0 Å². The number of aliphatic hydroxyl groups excluding tert-OH is 1. The molecule has 0 aromatic heterocycles. The topological polar surface area (TPSA) is 98.6 Å². The molecule has 0 heterocycles. The number of hydrogen-bond acceptors (Lipinski definition) is 5. The van der Waals surface area contributed by atoms with E-state index in [1.807, 2.05) is 0 Å². The number of carbonyl (C=O) groups is 1. The van der Waals surface area contributed by atoms with Gasteiger partial charge in [0.05, 0.1) is 19.1 Å². The van der Waals surface area contributed by atoms with Gasteiger partial charge in [0.25, 0.3) is 0 Å². The second-order valence-electron chi connectivity index (χ2n) is 5.25. The normalized spacial score (nSPS) is 33.7. The van der Waals surface area contributed by atoms with Gasteiger partial charge in [0, 0.05) is 18.0 Å². The first-order valence-electron chi connectivity index (χ1n) is 6.74. The van der Waals surface area contributed by atoms with Gasteiger partial charge in [-0.25, -0.2) is 0 Å². The molecule has 0 bridgehead atoms. The van der Waals surface area contributed by atoms with Gasteiger partial charge in [0.2, 0.25) is 0 Å². The summed E-state index contributed by atoms with van der Waals surface area (Å²) in [5.74, 6) is -0.821. The molecule has 1 aliphatic carbocycles. The molecule has 1 fully saturated rings. The minimum Gasteiger partial charge on any atom is -0.469 e. The standard InChI is InChI=1S/C13H26N2O3/c1-4-7(5-2)11(15)10-9(14)6-8(12(10)16)13(17)18-3/h7-12,16H,4-6,14-15H2,1-3H3/t8-,9+,10+,11?,12+/m0/s1. The average molecular weight is 258 g/mol. The number of aliphatic hydroxyl groups is 1. The zero-order valence-electron chi connectivity index (χ0n) is 11.5. The summed E-state index contributed by atoms with van der Waals surface area (Å²) < 4.78 is 4.70. The predicted molar refractivity (Wildman–Crippen MR) is 69.6 cm³/mol. The summed E-state index contributed by atoms with van der Waals surface area (Å²) in [6, 6.07) is -0.403. The number of rotatable bonds is 5. The molecule has 0 aromatic carbocycles. The fraction of sp³-hybridized carbons (Fsp3) is 0.923. The first-order chi connectivity index (χ1) is 8.47. The van der Waals surface area contributed by atoms with Gasteiger partial charge >= 0.3 is 5.97 Å². The molecule has 5 N–H and O–H groups in total. The van der Waals surface area contributed by atoms with Crippen molar-refractivity contribution in [3.05, 3.63) is 0 Å². The fourth-order valence-corrected chi connectivity index (χ4v) is 3.16. The van der Waals surface area contributed by atoms with Gasteiger partial charge in [-0.2, -0.15) is 0 Å². The van der Waals surface area contributed by atoms with Crippen LogP contribution in [0.4, 0.5) is 0 Å². The van der Waals surface area contributed by atoms with Crippen LogP contribution < -0.4 is 11.5 Å². The summed E-state index contributed by atoms with van der Waals surface area (Å²) >= 11 is 0. The summed E-state index contributed by atoms with van der Waals surface area (Å²) in [5, 5.41) is 10.3. The molecule has 0 saturated heterocycles. The smallest absolute Gasteiger partial charge is 0.311 e. The number of nitrogens with two attached hydrogens (primary N) is 2. The highest BCUT2D eigenvalue weighted by atomic mass is 16.5. The monoisotopic (exact) mass is 258 g/mol. The average Bonchev–Trinajstić information content (AvgIpc) is 2.65. The highest BCUT2D eigenvalue weighted by molar-refractivity contribution is 5.73. The molecule has 0 radical (unpaired) electrons. The Hall–Kier alpha value is -0.650. The van der Waals surface area contributed by atoms with Crippen LogP contribution in [-0.4, -0.2) is 36.4 Å². The molecule has 18 heavy (non-hydrogen) atoms. The molecule has 0 aliphatic heterocycles. The molecular weight excluding hydrogens is 232 g/mol. The lowest BCUT2D eigenvalue weighted by atomic mass is 9.81. The molecule has 1 saturated carbocycles. The van der Waals surface area contributed by atoms with E-state index in [9.17, 15) is 9.90 Å². The van der Waals surface area contributed by atoms with E-state index in [2.05, 4.69) is 13.8 Å². The van der Waals surface area contributed by atoms with E-state index in [-0.39, 0.29) is 18.0 Å². The minimum absolute atomic E-state index is 0.167. The molecule has 0 amide bonds. The van der Waals surface area contributed by atoms with E-state index in [1.165, 1.54) is 7.11 Å². The summed E-state index contributed by atoms with van der Waals surface area (Å²) in [5.41, 5.74) is 12.3. The van der Waals surface area contributed by atoms with Crippen LogP contribution in [0.15, 0.2) is 0 Å². The lowest BCUT2D eigenvalue weighted by molar-refractivity contribution is -0.149. The molecule has 5 atom stereocenters. The molecule has 106 valence electrons. The third-order valence-corrected chi connectivity index (χ3v) is 4.37. The van der Waals surface area contributed by atoms with E-state index in [0.29, 0.717) is 12.3 Å². The van der Waals surface area contributed by atoms with Gasteiger partial charge in [0.15, 0.2) is 0 Å². The molecule has 1 aliphatic rings. The van der Waals surface area contributed by atoms with Crippen molar-refractivity contribution >= 4 is 5.97 Å². The lowest BCUT2D eigenvalue weighted by Gasteiger charge is -2.32. The van der Waals surface area contributed by atoms with Crippen molar-refractivity contribution in [2.75, 3.05) is 7.11 Å². The highest BCUT2D eigenvalue weighted by Gasteiger charge is 2.48. The summed E-state index contributed by atoms with van der Waals surface area (Å²) in [6.45, 7) is 4.16. The minimum atomic E-state index is -0.789. The summed E-state index contributed by atoms with van der Waals surface area (Å²) in [7, 11) is 1.33. The van der Waals surface area contributed by atoms with Crippen LogP contribution in [0.1, 0.15) is 33.1 Å². The number of methoxy groups -OCH3 is 1. The van der Waals surface area contributed by atoms with E-state index < -0.39 is 18.0 Å². The van der Waals surface area contributed by atoms with Crippen LogP contribution in [0.5, 0.6) is 0 Å². The zero-order valence-corrected chi connectivity index (χ0v) is 11.5. The van der Waals surface area contributed by atoms with Crippen molar-refractivity contribution in [3.8, 4) is 0 Å². The van der Waals surface area contributed by atoms with Crippen molar-refractivity contribution in [1.29, 1.82) is 0 Å². The Labute approximate surface area is 109 Å². The van der Waals surface area contributed by atoms with Gasteiger partial charge < -0.3 is 21.3 Å². The first-order valence-corrected chi connectivity index (χ1v) is 6.74. The molecule has 1 unspecified atom stereocenters. The van der Waals surface area contributed by atoms with Crippen LogP contribution in [-0.2, 0) is 9.53 Å². The number of ether oxygens (including phenoxy) is 1. The molecule has 5 nitrogen and oxygen atoms in total. The SMILES string of the molecule is CCC(CC)C(N)[C@@H]1[C@H](O)[C@@H](C(=O)OC)C[C@H]1N. The lowest BCUT2D eigenvalue weighted by Crippen LogP contribution is -2.48. The molecule has 0 aromatic rings. The zero-order chi connectivity index (χ0) is 13.9. The van der Waals surface area contributed by atoms with Crippen molar-refractivity contribution in [2.24, 2.45) is 29.2 Å². The Balaban J connectivity index is 2.80. The van der Waals surface area contributed by atoms with Gasteiger partial charge in [0.1, 0.15) is 0 Å².